The zero-order valence-electron chi connectivity index (χ0n) is 22.6. The van der Waals surface area contributed by atoms with Gasteiger partial charge in [-0.1, -0.05) is 96.6 Å². The van der Waals surface area contributed by atoms with E-state index in [1.165, 1.54) is 109 Å². The van der Waals surface area contributed by atoms with Gasteiger partial charge in [0, 0.05) is 0 Å². The zero-order chi connectivity index (χ0) is 23.2. The van der Waals surface area contributed by atoms with Gasteiger partial charge < -0.3 is 0 Å². The maximum Gasteiger partial charge on any atom is -0.0248 e. The molecule has 1 aromatic rings. The minimum atomic E-state index is 0.933. The van der Waals surface area contributed by atoms with Gasteiger partial charge in [-0.05, 0) is 110 Å². The van der Waals surface area contributed by atoms with Crippen molar-refractivity contribution in [1.82, 2.24) is 0 Å². The average molecular weight is 451 g/mol. The fourth-order valence-corrected chi connectivity index (χ4v) is 7.57. The standard InChI is InChI=1S/C33H54/c1-24-8-12-28(13-9-24)6-5-7-29-16-18-31(19-17-29)23-33-21-20-32(26(3)27(33)4)22-30-14-10-25(2)11-15-30/h20-21,24-25,28-31H,5-19,22-23H2,1-4H3. The quantitative estimate of drug-likeness (QED) is 0.369. The lowest BCUT2D eigenvalue weighted by atomic mass is 9.75. The summed E-state index contributed by atoms with van der Waals surface area (Å²) in [5.41, 5.74) is 6.52. The van der Waals surface area contributed by atoms with Gasteiger partial charge in [-0.3, -0.25) is 0 Å². The average Bonchev–Trinajstić information content (AvgIpc) is 2.82. The van der Waals surface area contributed by atoms with E-state index in [0.29, 0.717) is 0 Å². The molecule has 0 unspecified atom stereocenters. The summed E-state index contributed by atoms with van der Waals surface area (Å²) in [5, 5.41) is 0. The van der Waals surface area contributed by atoms with Crippen molar-refractivity contribution in [2.24, 2.45) is 35.5 Å². The first kappa shape index (κ1) is 25.3. The molecule has 0 saturated heterocycles. The van der Waals surface area contributed by atoms with E-state index < -0.39 is 0 Å². The molecular formula is C33H54. The Balaban J connectivity index is 1.18. The Labute approximate surface area is 206 Å². The Morgan fingerprint density at radius 2 is 0.848 bits per heavy atom. The van der Waals surface area contributed by atoms with Crippen LogP contribution in [0.1, 0.15) is 132 Å². The van der Waals surface area contributed by atoms with E-state index in [0.717, 1.165) is 35.5 Å². The molecule has 3 aliphatic carbocycles. The number of benzene rings is 1. The molecule has 33 heavy (non-hydrogen) atoms. The van der Waals surface area contributed by atoms with Crippen LogP contribution in [0.2, 0.25) is 0 Å². The number of hydrogen-bond donors (Lipinski definition) is 0. The Hall–Kier alpha value is -0.780. The second-order valence-corrected chi connectivity index (χ2v) is 13.1. The minimum Gasteiger partial charge on any atom is -0.0625 e. The third-order valence-electron chi connectivity index (χ3n) is 10.5. The molecule has 0 spiro atoms. The van der Waals surface area contributed by atoms with Crippen molar-refractivity contribution in [1.29, 1.82) is 0 Å². The summed E-state index contributed by atoms with van der Waals surface area (Å²) >= 11 is 0. The van der Waals surface area contributed by atoms with Crippen LogP contribution >= 0.6 is 0 Å². The number of rotatable bonds is 8. The molecule has 0 nitrogen and oxygen atoms in total. The van der Waals surface area contributed by atoms with Crippen LogP contribution in [-0.2, 0) is 12.8 Å². The van der Waals surface area contributed by atoms with E-state index in [-0.39, 0.29) is 0 Å². The van der Waals surface area contributed by atoms with Crippen molar-refractivity contribution in [2.45, 2.75) is 137 Å². The molecule has 0 aromatic heterocycles. The fourth-order valence-electron chi connectivity index (χ4n) is 7.57. The molecule has 0 amide bonds. The first-order valence-corrected chi connectivity index (χ1v) is 15.1. The Bertz CT molecular complexity index is 706. The summed E-state index contributed by atoms with van der Waals surface area (Å²) in [6.07, 6.45) is 25.0. The minimum absolute atomic E-state index is 0.933. The van der Waals surface area contributed by atoms with Crippen molar-refractivity contribution in [3.63, 3.8) is 0 Å². The second-order valence-electron chi connectivity index (χ2n) is 13.1. The summed E-state index contributed by atoms with van der Waals surface area (Å²) in [6, 6.07) is 5.02. The van der Waals surface area contributed by atoms with Crippen LogP contribution in [0.25, 0.3) is 0 Å². The Morgan fingerprint density at radius 1 is 0.515 bits per heavy atom. The van der Waals surface area contributed by atoms with Gasteiger partial charge >= 0.3 is 0 Å². The summed E-state index contributed by atoms with van der Waals surface area (Å²) in [5.74, 6) is 5.93. The molecule has 0 aliphatic heterocycles. The maximum atomic E-state index is 2.51. The zero-order valence-corrected chi connectivity index (χ0v) is 22.6. The van der Waals surface area contributed by atoms with Crippen LogP contribution in [0.15, 0.2) is 12.1 Å². The van der Waals surface area contributed by atoms with Gasteiger partial charge in [-0.15, -0.1) is 0 Å². The van der Waals surface area contributed by atoms with Crippen LogP contribution in [0.5, 0.6) is 0 Å². The van der Waals surface area contributed by atoms with Gasteiger partial charge in [0.25, 0.3) is 0 Å². The van der Waals surface area contributed by atoms with Crippen LogP contribution in [0.4, 0.5) is 0 Å². The highest BCUT2D eigenvalue weighted by Gasteiger charge is 2.24. The predicted molar refractivity (Wildman–Crippen MR) is 145 cm³/mol. The summed E-state index contributed by atoms with van der Waals surface area (Å²) in [7, 11) is 0. The van der Waals surface area contributed by atoms with Crippen LogP contribution in [0.3, 0.4) is 0 Å². The molecule has 186 valence electrons. The van der Waals surface area contributed by atoms with E-state index in [4.69, 9.17) is 0 Å². The van der Waals surface area contributed by atoms with Crippen molar-refractivity contribution in [3.8, 4) is 0 Å². The predicted octanol–water partition coefficient (Wildman–Crippen LogP) is 10.0. The smallest absolute Gasteiger partial charge is 0.0248 e. The third-order valence-corrected chi connectivity index (χ3v) is 10.5. The van der Waals surface area contributed by atoms with Crippen molar-refractivity contribution >= 4 is 0 Å². The summed E-state index contributed by atoms with van der Waals surface area (Å²) in [4.78, 5) is 0. The normalized spacial score (nSPS) is 33.2. The van der Waals surface area contributed by atoms with Gasteiger partial charge in [0.15, 0.2) is 0 Å². The van der Waals surface area contributed by atoms with Crippen molar-refractivity contribution in [3.05, 3.63) is 34.4 Å². The first-order valence-electron chi connectivity index (χ1n) is 15.1. The van der Waals surface area contributed by atoms with Gasteiger partial charge in [-0.2, -0.15) is 0 Å². The van der Waals surface area contributed by atoms with E-state index in [9.17, 15) is 0 Å². The van der Waals surface area contributed by atoms with Gasteiger partial charge in [0.2, 0.25) is 0 Å². The molecule has 1 aromatic carbocycles. The topological polar surface area (TPSA) is 0 Å². The molecule has 0 atom stereocenters. The lowest BCUT2D eigenvalue weighted by Crippen LogP contribution is -2.18. The largest absolute Gasteiger partial charge is 0.0625 e. The number of hydrogen-bond acceptors (Lipinski definition) is 0. The molecular weight excluding hydrogens is 396 g/mol. The van der Waals surface area contributed by atoms with Gasteiger partial charge in [0.05, 0.1) is 0 Å². The fraction of sp³-hybridized carbons (Fsp3) is 0.818. The molecule has 0 N–H and O–H groups in total. The highest BCUT2D eigenvalue weighted by atomic mass is 14.3. The van der Waals surface area contributed by atoms with Crippen LogP contribution in [0, 0.1) is 49.4 Å². The van der Waals surface area contributed by atoms with Crippen molar-refractivity contribution < 1.29 is 0 Å². The first-order chi connectivity index (χ1) is 16.0. The molecule has 0 bridgehead atoms. The lowest BCUT2D eigenvalue weighted by molar-refractivity contribution is 0.236. The Morgan fingerprint density at radius 3 is 1.27 bits per heavy atom. The highest BCUT2D eigenvalue weighted by Crippen LogP contribution is 2.37. The van der Waals surface area contributed by atoms with Gasteiger partial charge in [0.1, 0.15) is 0 Å². The van der Waals surface area contributed by atoms with E-state index >= 15 is 0 Å². The molecule has 0 radical (unpaired) electrons. The highest BCUT2D eigenvalue weighted by molar-refractivity contribution is 5.40. The molecule has 3 aliphatic rings. The molecule has 4 rings (SSSR count). The van der Waals surface area contributed by atoms with Crippen molar-refractivity contribution in [2.75, 3.05) is 0 Å². The van der Waals surface area contributed by atoms with E-state index in [1.54, 1.807) is 22.3 Å². The maximum absolute atomic E-state index is 2.51. The summed E-state index contributed by atoms with van der Waals surface area (Å²) < 4.78 is 0. The summed E-state index contributed by atoms with van der Waals surface area (Å²) in [6.45, 7) is 9.70. The van der Waals surface area contributed by atoms with E-state index in [1.807, 2.05) is 0 Å². The van der Waals surface area contributed by atoms with E-state index in [2.05, 4.69) is 39.8 Å². The Kier molecular flexibility index (Phi) is 9.41. The third kappa shape index (κ3) is 7.35. The molecule has 3 saturated carbocycles. The lowest BCUT2D eigenvalue weighted by Gasteiger charge is -2.30. The second kappa shape index (κ2) is 12.3. The molecule has 0 heteroatoms. The van der Waals surface area contributed by atoms with Crippen LogP contribution < -0.4 is 0 Å². The monoisotopic (exact) mass is 450 g/mol. The van der Waals surface area contributed by atoms with Crippen LogP contribution in [-0.4, -0.2) is 0 Å². The molecule has 0 heterocycles. The SMILES string of the molecule is Cc1c(CC2CCC(C)CC2)ccc(CC2CCC(CCCC3CCC(C)CC3)CC2)c1C. The molecule has 3 fully saturated rings. The van der Waals surface area contributed by atoms with Gasteiger partial charge in [-0.25, -0.2) is 0 Å².